The van der Waals surface area contributed by atoms with Gasteiger partial charge in [-0.05, 0) is 27.1 Å². The molecule has 5 heteroatoms. The van der Waals surface area contributed by atoms with E-state index in [1.54, 1.807) is 6.07 Å². The van der Waals surface area contributed by atoms with Crippen molar-refractivity contribution >= 4 is 11.6 Å². The van der Waals surface area contributed by atoms with Crippen LogP contribution in [0.25, 0.3) is 0 Å². The Morgan fingerprint density at radius 1 is 1.28 bits per heavy atom. The molecular weight excluding hydrogens is 226 g/mol. The van der Waals surface area contributed by atoms with Gasteiger partial charge in [0.25, 0.3) is 0 Å². The van der Waals surface area contributed by atoms with Crippen LogP contribution in [0, 0.1) is 0 Å². The molecule has 1 rings (SSSR count). The van der Waals surface area contributed by atoms with E-state index in [4.69, 9.17) is 5.73 Å². The Balaban J connectivity index is 2.63. The molecule has 1 heterocycles. The van der Waals surface area contributed by atoms with E-state index < -0.39 is 0 Å². The van der Waals surface area contributed by atoms with Crippen molar-refractivity contribution in [1.29, 1.82) is 0 Å². The molecule has 0 aromatic carbocycles. The minimum absolute atomic E-state index is 0.0879. The van der Waals surface area contributed by atoms with Gasteiger partial charge in [0.2, 0.25) is 0 Å². The van der Waals surface area contributed by atoms with Crippen molar-refractivity contribution in [3.8, 4) is 0 Å². The van der Waals surface area contributed by atoms with E-state index >= 15 is 0 Å². The average Bonchev–Trinajstić information content (AvgIpc) is 2.22. The molecule has 0 saturated heterocycles. The summed E-state index contributed by atoms with van der Waals surface area (Å²) >= 11 is 0. The topological polar surface area (TPSA) is 67.1 Å². The van der Waals surface area contributed by atoms with Crippen LogP contribution < -0.4 is 11.1 Å². The van der Waals surface area contributed by atoms with E-state index in [0.717, 1.165) is 31.2 Å². The van der Waals surface area contributed by atoms with Crippen molar-refractivity contribution in [2.24, 2.45) is 0 Å². The number of hydrogen-bond donors (Lipinski definition) is 2. The van der Waals surface area contributed by atoms with Crippen LogP contribution >= 0.6 is 0 Å². The van der Waals surface area contributed by atoms with Crippen LogP contribution in [0.1, 0.15) is 33.0 Å². The quantitative estimate of drug-likeness (QED) is 0.780. The maximum atomic E-state index is 5.81. The van der Waals surface area contributed by atoms with E-state index in [1.807, 2.05) is 0 Å². The Labute approximate surface area is 110 Å². The van der Waals surface area contributed by atoms with Gasteiger partial charge in [-0.2, -0.15) is 0 Å². The molecule has 0 atom stereocenters. The standard InChI is InChI=1S/C13H25N5/c1-13(2,3)12-16-10(14)9-11(17-12)15-7-6-8-18(4)5/h9H,6-8H2,1-5H3,(H3,14,15,16,17). The van der Waals surface area contributed by atoms with Gasteiger partial charge in [-0.3, -0.25) is 0 Å². The molecule has 0 aliphatic heterocycles. The Morgan fingerprint density at radius 3 is 2.50 bits per heavy atom. The van der Waals surface area contributed by atoms with E-state index in [-0.39, 0.29) is 5.41 Å². The number of anilines is 2. The Morgan fingerprint density at radius 2 is 1.94 bits per heavy atom. The summed E-state index contributed by atoms with van der Waals surface area (Å²) in [6.07, 6.45) is 1.07. The lowest BCUT2D eigenvalue weighted by Gasteiger charge is -2.18. The number of hydrogen-bond acceptors (Lipinski definition) is 5. The van der Waals surface area contributed by atoms with Gasteiger partial charge in [-0.25, -0.2) is 9.97 Å². The molecule has 1 aromatic heterocycles. The molecule has 5 nitrogen and oxygen atoms in total. The first-order valence-electron chi connectivity index (χ1n) is 6.32. The zero-order valence-corrected chi connectivity index (χ0v) is 12.1. The van der Waals surface area contributed by atoms with E-state index in [2.05, 4.69) is 55.1 Å². The van der Waals surface area contributed by atoms with Gasteiger partial charge in [-0.15, -0.1) is 0 Å². The van der Waals surface area contributed by atoms with Crippen LogP contribution in [0.2, 0.25) is 0 Å². The molecule has 0 radical (unpaired) electrons. The van der Waals surface area contributed by atoms with E-state index in [9.17, 15) is 0 Å². The van der Waals surface area contributed by atoms with Crippen molar-refractivity contribution in [2.45, 2.75) is 32.6 Å². The highest BCUT2D eigenvalue weighted by Crippen LogP contribution is 2.21. The maximum Gasteiger partial charge on any atom is 0.138 e. The molecule has 102 valence electrons. The Bertz CT molecular complexity index is 381. The van der Waals surface area contributed by atoms with Crippen molar-refractivity contribution in [3.05, 3.63) is 11.9 Å². The third-order valence-electron chi connectivity index (χ3n) is 2.50. The molecule has 0 spiro atoms. The number of nitrogen functional groups attached to an aromatic ring is 1. The lowest BCUT2D eigenvalue weighted by atomic mass is 9.96. The molecule has 0 aliphatic carbocycles. The van der Waals surface area contributed by atoms with Crippen LogP contribution in [-0.4, -0.2) is 42.1 Å². The molecule has 3 N–H and O–H groups in total. The van der Waals surface area contributed by atoms with Crippen LogP contribution in [0.4, 0.5) is 11.6 Å². The molecule has 1 aromatic rings. The predicted molar refractivity (Wildman–Crippen MR) is 76.8 cm³/mol. The summed E-state index contributed by atoms with van der Waals surface area (Å²) in [5.74, 6) is 2.11. The van der Waals surface area contributed by atoms with Gasteiger partial charge in [-0.1, -0.05) is 20.8 Å². The summed E-state index contributed by atoms with van der Waals surface area (Å²) < 4.78 is 0. The van der Waals surface area contributed by atoms with Crippen LogP contribution in [0.3, 0.4) is 0 Å². The first kappa shape index (κ1) is 14.7. The number of nitrogens with zero attached hydrogens (tertiary/aromatic N) is 3. The lowest BCUT2D eigenvalue weighted by molar-refractivity contribution is 0.405. The number of rotatable bonds is 5. The van der Waals surface area contributed by atoms with E-state index in [1.165, 1.54) is 0 Å². The summed E-state index contributed by atoms with van der Waals surface area (Å²) in [6.45, 7) is 8.19. The van der Waals surface area contributed by atoms with Gasteiger partial charge < -0.3 is 16.0 Å². The molecule has 0 unspecified atom stereocenters. The average molecular weight is 251 g/mol. The highest BCUT2D eigenvalue weighted by molar-refractivity contribution is 5.45. The normalized spacial score (nSPS) is 11.9. The molecular formula is C13H25N5. The van der Waals surface area contributed by atoms with Crippen LogP contribution in [0.5, 0.6) is 0 Å². The second kappa shape index (κ2) is 6.00. The van der Waals surface area contributed by atoms with Crippen LogP contribution in [0.15, 0.2) is 6.07 Å². The fourth-order valence-corrected chi connectivity index (χ4v) is 1.50. The summed E-state index contributed by atoms with van der Waals surface area (Å²) in [4.78, 5) is 10.9. The largest absolute Gasteiger partial charge is 0.384 e. The molecule has 0 amide bonds. The molecule has 0 saturated carbocycles. The summed E-state index contributed by atoms with van der Waals surface area (Å²) in [6, 6.07) is 1.78. The smallest absolute Gasteiger partial charge is 0.138 e. The Hall–Kier alpha value is -1.36. The molecule has 0 aliphatic rings. The van der Waals surface area contributed by atoms with Crippen molar-refractivity contribution in [2.75, 3.05) is 38.2 Å². The summed E-state index contributed by atoms with van der Waals surface area (Å²) in [7, 11) is 4.14. The minimum atomic E-state index is -0.0879. The summed E-state index contributed by atoms with van der Waals surface area (Å²) in [5.41, 5.74) is 5.72. The monoisotopic (exact) mass is 251 g/mol. The molecule has 0 fully saturated rings. The maximum absolute atomic E-state index is 5.81. The van der Waals surface area contributed by atoms with Crippen molar-refractivity contribution in [1.82, 2.24) is 14.9 Å². The van der Waals surface area contributed by atoms with Crippen molar-refractivity contribution < 1.29 is 0 Å². The zero-order valence-electron chi connectivity index (χ0n) is 12.1. The third kappa shape index (κ3) is 4.87. The highest BCUT2D eigenvalue weighted by Gasteiger charge is 2.18. The fourth-order valence-electron chi connectivity index (χ4n) is 1.50. The second-order valence-electron chi connectivity index (χ2n) is 5.84. The van der Waals surface area contributed by atoms with Gasteiger partial charge >= 0.3 is 0 Å². The number of aromatic nitrogens is 2. The third-order valence-corrected chi connectivity index (χ3v) is 2.50. The van der Waals surface area contributed by atoms with E-state index in [0.29, 0.717) is 5.82 Å². The summed E-state index contributed by atoms with van der Waals surface area (Å²) in [5, 5.41) is 3.30. The van der Waals surface area contributed by atoms with Crippen molar-refractivity contribution in [3.63, 3.8) is 0 Å². The van der Waals surface area contributed by atoms with Gasteiger partial charge in [0.05, 0.1) is 0 Å². The number of nitrogens with one attached hydrogen (secondary N) is 1. The highest BCUT2D eigenvalue weighted by atomic mass is 15.1. The second-order valence-corrected chi connectivity index (χ2v) is 5.84. The molecule has 0 bridgehead atoms. The van der Waals surface area contributed by atoms with Gasteiger partial charge in [0.15, 0.2) is 0 Å². The lowest BCUT2D eigenvalue weighted by Crippen LogP contribution is -2.19. The SMILES string of the molecule is CN(C)CCCNc1cc(N)nc(C(C)(C)C)n1. The predicted octanol–water partition coefficient (Wildman–Crippen LogP) is 1.72. The fraction of sp³-hybridized carbons (Fsp3) is 0.692. The zero-order chi connectivity index (χ0) is 13.8. The van der Waals surface area contributed by atoms with Crippen LogP contribution in [-0.2, 0) is 5.41 Å². The number of nitrogens with two attached hydrogens (primary N) is 1. The first-order chi connectivity index (χ1) is 8.29. The van der Waals surface area contributed by atoms with Gasteiger partial charge in [0, 0.05) is 18.0 Å². The first-order valence-corrected chi connectivity index (χ1v) is 6.32. The Kier molecular flexibility index (Phi) is 4.90. The van der Waals surface area contributed by atoms with Gasteiger partial charge in [0.1, 0.15) is 17.5 Å². The molecule has 18 heavy (non-hydrogen) atoms. The minimum Gasteiger partial charge on any atom is -0.384 e.